The lowest BCUT2D eigenvalue weighted by atomic mass is 10.1. The van der Waals surface area contributed by atoms with Crippen LogP contribution in [0.5, 0.6) is 0 Å². The number of fused-ring (bicyclic) bond motifs is 1. The van der Waals surface area contributed by atoms with Crippen LogP contribution in [0.15, 0.2) is 41.6 Å². The predicted molar refractivity (Wildman–Crippen MR) is 100 cm³/mol. The number of hydrogen-bond acceptors (Lipinski definition) is 7. The van der Waals surface area contributed by atoms with Gasteiger partial charge in [-0.3, -0.25) is 14.3 Å². The van der Waals surface area contributed by atoms with Crippen molar-refractivity contribution in [3.8, 4) is 0 Å². The van der Waals surface area contributed by atoms with Gasteiger partial charge in [0.2, 0.25) is 15.8 Å². The third-order valence-corrected chi connectivity index (χ3v) is 6.53. The molecule has 3 aromatic rings. The van der Waals surface area contributed by atoms with Crippen LogP contribution < -0.4 is 4.72 Å². The monoisotopic (exact) mass is 407 g/mol. The molecule has 0 bridgehead atoms. The number of rotatable bonds is 7. The van der Waals surface area contributed by atoms with E-state index in [-0.39, 0.29) is 10.7 Å². The number of nitrogens with one attached hydrogen (secondary N) is 1. The molecule has 2 heterocycles. The Hall–Kier alpha value is -2.56. The molecular weight excluding hydrogens is 390 g/mol. The molecule has 0 saturated carbocycles. The Morgan fingerprint density at radius 2 is 2.04 bits per heavy atom. The van der Waals surface area contributed by atoms with E-state index in [1.165, 1.54) is 28.4 Å². The smallest absolute Gasteiger partial charge is 0.321 e. The topological polar surface area (TPSA) is 107 Å². The standard InChI is InChI=1S/C17H17N3O5S2/c1-11-13-5-3-4-6-15(13)26-17(11)14(21)10-25-16(22)8-19-27(23,24)12-7-18-20(2)9-12/h3-7,9,19H,8,10H2,1-2H3. The maximum absolute atomic E-state index is 12.3. The van der Waals surface area contributed by atoms with Crippen molar-refractivity contribution in [1.82, 2.24) is 14.5 Å². The summed E-state index contributed by atoms with van der Waals surface area (Å²) in [4.78, 5) is 24.6. The first-order valence-corrected chi connectivity index (χ1v) is 10.2. The van der Waals surface area contributed by atoms with Gasteiger partial charge in [0.15, 0.2) is 6.61 Å². The molecule has 0 aliphatic rings. The minimum absolute atomic E-state index is 0.0604. The van der Waals surface area contributed by atoms with Gasteiger partial charge in [-0.25, -0.2) is 8.42 Å². The Kier molecular flexibility index (Phi) is 5.40. The first kappa shape index (κ1) is 19.2. The quantitative estimate of drug-likeness (QED) is 0.471. The number of ether oxygens (including phenoxy) is 1. The molecule has 27 heavy (non-hydrogen) atoms. The van der Waals surface area contributed by atoms with Crippen LogP contribution in [-0.4, -0.2) is 43.1 Å². The second-order valence-electron chi connectivity index (χ2n) is 5.81. The van der Waals surface area contributed by atoms with E-state index in [1.807, 2.05) is 31.2 Å². The van der Waals surface area contributed by atoms with Crippen LogP contribution in [0.25, 0.3) is 10.1 Å². The molecule has 0 radical (unpaired) electrons. The summed E-state index contributed by atoms with van der Waals surface area (Å²) in [5.41, 5.74) is 0.842. The van der Waals surface area contributed by atoms with Crippen LogP contribution in [-0.2, 0) is 26.6 Å². The lowest BCUT2D eigenvalue weighted by molar-refractivity contribution is -0.141. The van der Waals surface area contributed by atoms with E-state index in [0.717, 1.165) is 15.6 Å². The van der Waals surface area contributed by atoms with Crippen molar-refractivity contribution in [2.75, 3.05) is 13.2 Å². The van der Waals surface area contributed by atoms with E-state index in [2.05, 4.69) is 9.82 Å². The lowest BCUT2D eigenvalue weighted by Crippen LogP contribution is -2.31. The molecule has 2 aromatic heterocycles. The molecule has 3 rings (SSSR count). The molecule has 0 unspecified atom stereocenters. The van der Waals surface area contributed by atoms with Crippen LogP contribution in [0.1, 0.15) is 15.2 Å². The van der Waals surface area contributed by atoms with E-state index in [1.54, 1.807) is 7.05 Å². The lowest BCUT2D eigenvalue weighted by Gasteiger charge is -2.06. The molecular formula is C17H17N3O5S2. The van der Waals surface area contributed by atoms with Gasteiger partial charge < -0.3 is 4.74 Å². The van der Waals surface area contributed by atoms with E-state index < -0.39 is 29.1 Å². The fraction of sp³-hybridized carbons (Fsp3) is 0.235. The number of aryl methyl sites for hydroxylation is 2. The van der Waals surface area contributed by atoms with Crippen molar-refractivity contribution in [3.63, 3.8) is 0 Å². The van der Waals surface area contributed by atoms with Crippen molar-refractivity contribution >= 4 is 43.2 Å². The summed E-state index contributed by atoms with van der Waals surface area (Å²) in [6.45, 7) is 0.826. The summed E-state index contributed by atoms with van der Waals surface area (Å²) in [6.07, 6.45) is 2.48. The number of thiophene rings is 1. The highest BCUT2D eigenvalue weighted by Gasteiger charge is 2.20. The highest BCUT2D eigenvalue weighted by molar-refractivity contribution is 7.89. The Morgan fingerprint density at radius 1 is 1.30 bits per heavy atom. The zero-order chi connectivity index (χ0) is 19.6. The Morgan fingerprint density at radius 3 is 2.70 bits per heavy atom. The molecule has 0 aliphatic heterocycles. The second-order valence-corrected chi connectivity index (χ2v) is 8.63. The summed E-state index contributed by atoms with van der Waals surface area (Å²) in [5.74, 6) is -1.16. The number of hydrogen-bond donors (Lipinski definition) is 1. The third-order valence-electron chi connectivity index (χ3n) is 3.86. The number of esters is 1. The second kappa shape index (κ2) is 7.59. The van der Waals surface area contributed by atoms with E-state index in [4.69, 9.17) is 4.74 Å². The maximum atomic E-state index is 12.3. The molecule has 10 heteroatoms. The molecule has 0 aliphatic carbocycles. The van der Waals surface area contributed by atoms with Crippen LogP contribution in [0.4, 0.5) is 0 Å². The molecule has 0 amide bonds. The first-order valence-electron chi connectivity index (χ1n) is 7.93. The van der Waals surface area contributed by atoms with Crippen molar-refractivity contribution in [3.05, 3.63) is 47.1 Å². The minimum atomic E-state index is -3.87. The van der Waals surface area contributed by atoms with Crippen molar-refractivity contribution < 1.29 is 22.7 Å². The van der Waals surface area contributed by atoms with Crippen LogP contribution in [0, 0.1) is 6.92 Å². The van der Waals surface area contributed by atoms with Crippen molar-refractivity contribution in [2.24, 2.45) is 7.05 Å². The fourth-order valence-electron chi connectivity index (χ4n) is 2.48. The van der Waals surface area contributed by atoms with Gasteiger partial charge in [-0.1, -0.05) is 18.2 Å². The number of carbonyl (C=O) groups is 2. The van der Waals surface area contributed by atoms with E-state index >= 15 is 0 Å². The van der Waals surface area contributed by atoms with Gasteiger partial charge in [-0.15, -0.1) is 11.3 Å². The van der Waals surface area contributed by atoms with Gasteiger partial charge >= 0.3 is 5.97 Å². The summed E-state index contributed by atoms with van der Waals surface area (Å²) in [7, 11) is -2.29. The molecule has 0 fully saturated rings. The normalized spacial score (nSPS) is 11.6. The van der Waals surface area contributed by atoms with Gasteiger partial charge in [0.1, 0.15) is 11.4 Å². The highest BCUT2D eigenvalue weighted by Crippen LogP contribution is 2.30. The van der Waals surface area contributed by atoms with Crippen molar-refractivity contribution in [2.45, 2.75) is 11.8 Å². The van der Waals surface area contributed by atoms with E-state index in [9.17, 15) is 18.0 Å². The van der Waals surface area contributed by atoms with Crippen LogP contribution in [0.2, 0.25) is 0 Å². The Balaban J connectivity index is 1.57. The predicted octanol–water partition coefficient (Wildman–Crippen LogP) is 1.65. The summed E-state index contributed by atoms with van der Waals surface area (Å²) >= 11 is 1.34. The molecule has 142 valence electrons. The molecule has 1 aromatic carbocycles. The summed E-state index contributed by atoms with van der Waals surface area (Å²) in [5, 5.41) is 4.75. The molecule has 8 nitrogen and oxygen atoms in total. The summed E-state index contributed by atoms with van der Waals surface area (Å²) in [6, 6.07) is 7.63. The zero-order valence-corrected chi connectivity index (χ0v) is 16.3. The number of sulfonamides is 1. The summed E-state index contributed by atoms with van der Waals surface area (Å²) < 4.78 is 33.4. The number of aromatic nitrogens is 2. The highest BCUT2D eigenvalue weighted by atomic mass is 32.2. The maximum Gasteiger partial charge on any atom is 0.321 e. The number of nitrogens with zero attached hydrogens (tertiary/aromatic N) is 2. The first-order chi connectivity index (χ1) is 12.8. The van der Waals surface area contributed by atoms with Crippen LogP contribution >= 0.6 is 11.3 Å². The average Bonchev–Trinajstić information content (AvgIpc) is 3.23. The SMILES string of the molecule is Cc1c(C(=O)COC(=O)CNS(=O)(=O)c2cnn(C)c2)sc2ccccc12. The average molecular weight is 407 g/mol. The zero-order valence-electron chi connectivity index (χ0n) is 14.6. The van der Waals surface area contributed by atoms with E-state index in [0.29, 0.717) is 4.88 Å². The molecule has 0 spiro atoms. The van der Waals surface area contributed by atoms with Gasteiger partial charge in [-0.2, -0.15) is 9.82 Å². The number of Topliss-reactive ketones (excluding diaryl/α,β-unsaturated/α-hetero) is 1. The molecule has 1 N–H and O–H groups in total. The van der Waals surface area contributed by atoms with Crippen molar-refractivity contribution in [1.29, 1.82) is 0 Å². The molecule has 0 atom stereocenters. The van der Waals surface area contributed by atoms with Gasteiger partial charge in [0.25, 0.3) is 0 Å². The number of benzene rings is 1. The fourth-order valence-corrected chi connectivity index (χ4v) is 4.56. The number of ketones is 1. The molecule has 0 saturated heterocycles. The minimum Gasteiger partial charge on any atom is -0.456 e. The van der Waals surface area contributed by atoms with Crippen LogP contribution in [0.3, 0.4) is 0 Å². The van der Waals surface area contributed by atoms with Gasteiger partial charge in [-0.05, 0) is 23.9 Å². The largest absolute Gasteiger partial charge is 0.456 e. The third kappa shape index (κ3) is 4.24. The Labute approximate surface area is 159 Å². The van der Waals surface area contributed by atoms with Gasteiger partial charge in [0.05, 0.1) is 11.1 Å². The Bertz CT molecular complexity index is 1110. The number of carbonyl (C=O) groups excluding carboxylic acids is 2. The van der Waals surface area contributed by atoms with Gasteiger partial charge in [0, 0.05) is 17.9 Å².